The predicted molar refractivity (Wildman–Crippen MR) is 98.2 cm³/mol. The van der Waals surface area contributed by atoms with Gasteiger partial charge in [-0.3, -0.25) is 0 Å². The quantitative estimate of drug-likeness (QED) is 0.912. The lowest BCUT2D eigenvalue weighted by molar-refractivity contribution is -0.0801. The van der Waals surface area contributed by atoms with Crippen molar-refractivity contribution in [2.75, 3.05) is 39.4 Å². The van der Waals surface area contributed by atoms with E-state index in [1.54, 1.807) is 0 Å². The Kier molecular flexibility index (Phi) is 4.23. The Morgan fingerprint density at radius 1 is 1.08 bits per heavy atom. The minimum Gasteiger partial charge on any atom is -0.485 e. The van der Waals surface area contributed by atoms with Crippen LogP contribution in [0.5, 0.6) is 5.75 Å². The Morgan fingerprint density at radius 2 is 1.88 bits per heavy atom. The van der Waals surface area contributed by atoms with Crippen molar-refractivity contribution in [2.45, 2.75) is 50.2 Å². The average Bonchev–Trinajstić information content (AvgIpc) is 3.05. The number of nitrogens with one attached hydrogen (secondary N) is 1. The van der Waals surface area contributed by atoms with Gasteiger partial charge in [-0.05, 0) is 68.2 Å². The maximum Gasteiger partial charge on any atom is 0.145 e. The fraction of sp³-hybridized carbons (Fsp3) is 0.714. The van der Waals surface area contributed by atoms with E-state index in [9.17, 15) is 0 Å². The van der Waals surface area contributed by atoms with Gasteiger partial charge in [-0.15, -0.1) is 0 Å². The standard InChI is InChI=1S/C21H30N2O2/c1-2-4-20(25-18-12-24-13-18)19(3-1)16-6-9-23(10-7-16)17-5-8-21(11-17)14-22-15-21/h1-4,16-18,22H,5-15H2/t17-/m1/s1. The van der Waals surface area contributed by atoms with Crippen molar-refractivity contribution in [1.82, 2.24) is 10.2 Å². The molecule has 4 nitrogen and oxygen atoms in total. The second kappa shape index (κ2) is 6.57. The SMILES string of the molecule is c1ccc(C2CCN([C@@H]3CCC4(CNC4)C3)CC2)c(OC2COC2)c1. The number of nitrogens with zero attached hydrogens (tertiary/aromatic N) is 1. The maximum atomic E-state index is 6.17. The molecule has 1 saturated carbocycles. The van der Waals surface area contributed by atoms with E-state index in [-0.39, 0.29) is 6.10 Å². The van der Waals surface area contributed by atoms with Crippen LogP contribution in [0.3, 0.4) is 0 Å². The molecule has 3 saturated heterocycles. The van der Waals surface area contributed by atoms with Gasteiger partial charge in [0, 0.05) is 19.1 Å². The van der Waals surface area contributed by atoms with E-state index in [1.807, 2.05) is 0 Å². The highest BCUT2D eigenvalue weighted by molar-refractivity contribution is 5.37. The molecule has 1 aromatic rings. The third kappa shape index (κ3) is 3.09. The third-order valence-corrected chi connectivity index (χ3v) is 6.98. The van der Waals surface area contributed by atoms with Crippen LogP contribution < -0.4 is 10.1 Å². The first-order valence-corrected chi connectivity index (χ1v) is 10.1. The maximum absolute atomic E-state index is 6.17. The zero-order valence-electron chi connectivity index (χ0n) is 15.1. The average molecular weight is 342 g/mol. The zero-order chi connectivity index (χ0) is 16.7. The number of likely N-dealkylation sites (tertiary alicyclic amines) is 1. The van der Waals surface area contributed by atoms with Crippen molar-refractivity contribution in [3.05, 3.63) is 29.8 Å². The molecular formula is C21H30N2O2. The number of para-hydroxylation sites is 1. The van der Waals surface area contributed by atoms with Gasteiger partial charge in [0.2, 0.25) is 0 Å². The molecule has 0 aromatic heterocycles. The molecule has 3 heterocycles. The molecule has 1 atom stereocenters. The molecule has 1 N–H and O–H groups in total. The summed E-state index contributed by atoms with van der Waals surface area (Å²) in [6.45, 7) is 6.50. The van der Waals surface area contributed by atoms with Crippen molar-refractivity contribution in [3.8, 4) is 5.75 Å². The van der Waals surface area contributed by atoms with E-state index in [1.165, 1.54) is 63.8 Å². The molecule has 4 fully saturated rings. The monoisotopic (exact) mass is 342 g/mol. The molecule has 25 heavy (non-hydrogen) atoms. The molecule has 0 radical (unpaired) electrons. The number of piperidine rings is 1. The molecule has 1 aromatic carbocycles. The van der Waals surface area contributed by atoms with Crippen LogP contribution in [0.4, 0.5) is 0 Å². The largest absolute Gasteiger partial charge is 0.485 e. The molecule has 1 spiro atoms. The number of rotatable bonds is 4. The number of benzene rings is 1. The molecule has 0 bridgehead atoms. The molecule has 1 aliphatic carbocycles. The van der Waals surface area contributed by atoms with Gasteiger partial charge in [-0.1, -0.05) is 18.2 Å². The van der Waals surface area contributed by atoms with Gasteiger partial charge in [0.1, 0.15) is 11.9 Å². The molecule has 5 rings (SSSR count). The van der Waals surface area contributed by atoms with E-state index in [4.69, 9.17) is 9.47 Å². The highest BCUT2D eigenvalue weighted by atomic mass is 16.6. The van der Waals surface area contributed by atoms with Crippen LogP contribution in [0.1, 0.15) is 43.6 Å². The number of hydrogen-bond donors (Lipinski definition) is 1. The summed E-state index contributed by atoms with van der Waals surface area (Å²) in [5.41, 5.74) is 2.08. The Balaban J connectivity index is 1.20. The first-order valence-electron chi connectivity index (χ1n) is 10.1. The van der Waals surface area contributed by atoms with E-state index < -0.39 is 0 Å². The number of hydrogen-bond acceptors (Lipinski definition) is 4. The van der Waals surface area contributed by atoms with Gasteiger partial charge in [0.05, 0.1) is 13.2 Å². The molecule has 4 aliphatic rings. The van der Waals surface area contributed by atoms with Gasteiger partial charge in [-0.25, -0.2) is 0 Å². The van der Waals surface area contributed by atoms with E-state index in [0.717, 1.165) is 25.0 Å². The first-order chi connectivity index (χ1) is 12.3. The lowest BCUT2D eigenvalue weighted by Gasteiger charge is -2.41. The summed E-state index contributed by atoms with van der Waals surface area (Å²) in [7, 11) is 0. The number of ether oxygens (including phenoxy) is 2. The topological polar surface area (TPSA) is 33.7 Å². The van der Waals surface area contributed by atoms with Crippen LogP contribution in [-0.2, 0) is 4.74 Å². The third-order valence-electron chi connectivity index (χ3n) is 6.98. The van der Waals surface area contributed by atoms with Crippen molar-refractivity contribution in [3.63, 3.8) is 0 Å². The van der Waals surface area contributed by atoms with Crippen molar-refractivity contribution in [1.29, 1.82) is 0 Å². The van der Waals surface area contributed by atoms with Crippen LogP contribution in [0.25, 0.3) is 0 Å². The normalized spacial score (nSPS) is 30.2. The van der Waals surface area contributed by atoms with E-state index >= 15 is 0 Å². The Morgan fingerprint density at radius 3 is 2.52 bits per heavy atom. The summed E-state index contributed by atoms with van der Waals surface area (Å²) in [6.07, 6.45) is 7.06. The molecule has 0 unspecified atom stereocenters. The van der Waals surface area contributed by atoms with Crippen LogP contribution in [0.15, 0.2) is 24.3 Å². The smallest absolute Gasteiger partial charge is 0.145 e. The van der Waals surface area contributed by atoms with Crippen molar-refractivity contribution >= 4 is 0 Å². The lowest BCUT2D eigenvalue weighted by Crippen LogP contribution is -2.52. The molecular weight excluding hydrogens is 312 g/mol. The Bertz CT molecular complexity index is 604. The van der Waals surface area contributed by atoms with Crippen LogP contribution >= 0.6 is 0 Å². The summed E-state index contributed by atoms with van der Waals surface area (Å²) < 4.78 is 11.4. The minimum absolute atomic E-state index is 0.256. The highest BCUT2D eigenvalue weighted by Crippen LogP contribution is 2.44. The summed E-state index contributed by atoms with van der Waals surface area (Å²) in [4.78, 5) is 2.78. The predicted octanol–water partition coefficient (Wildman–Crippen LogP) is 2.79. The fourth-order valence-corrected chi connectivity index (χ4v) is 5.25. The highest BCUT2D eigenvalue weighted by Gasteiger charge is 2.45. The van der Waals surface area contributed by atoms with Crippen molar-refractivity contribution in [2.24, 2.45) is 5.41 Å². The summed E-state index contributed by atoms with van der Waals surface area (Å²) in [6, 6.07) is 9.51. The second-order valence-corrected chi connectivity index (χ2v) is 8.63. The molecule has 4 heteroatoms. The molecule has 3 aliphatic heterocycles. The van der Waals surface area contributed by atoms with E-state index in [0.29, 0.717) is 11.3 Å². The van der Waals surface area contributed by atoms with Gasteiger partial charge in [-0.2, -0.15) is 0 Å². The Labute approximate surface area is 150 Å². The second-order valence-electron chi connectivity index (χ2n) is 8.63. The zero-order valence-corrected chi connectivity index (χ0v) is 15.1. The molecule has 0 amide bonds. The summed E-state index contributed by atoms with van der Waals surface area (Å²) in [5, 5.41) is 3.49. The van der Waals surface area contributed by atoms with Crippen LogP contribution in [0.2, 0.25) is 0 Å². The van der Waals surface area contributed by atoms with Gasteiger partial charge in [0.25, 0.3) is 0 Å². The van der Waals surface area contributed by atoms with E-state index in [2.05, 4.69) is 34.5 Å². The molecule has 136 valence electrons. The lowest BCUT2D eigenvalue weighted by atomic mass is 9.80. The Hall–Kier alpha value is -1.10. The first kappa shape index (κ1) is 16.1. The van der Waals surface area contributed by atoms with Gasteiger partial charge >= 0.3 is 0 Å². The minimum atomic E-state index is 0.256. The van der Waals surface area contributed by atoms with Crippen molar-refractivity contribution < 1.29 is 9.47 Å². The van der Waals surface area contributed by atoms with Crippen LogP contribution in [-0.4, -0.2) is 56.4 Å². The van der Waals surface area contributed by atoms with Gasteiger partial charge in [0.15, 0.2) is 0 Å². The fourth-order valence-electron chi connectivity index (χ4n) is 5.25. The summed E-state index contributed by atoms with van der Waals surface area (Å²) >= 11 is 0. The van der Waals surface area contributed by atoms with Gasteiger partial charge < -0.3 is 19.7 Å². The summed E-state index contributed by atoms with van der Waals surface area (Å²) in [5.74, 6) is 1.74. The van der Waals surface area contributed by atoms with Crippen LogP contribution in [0, 0.1) is 5.41 Å².